The molecule has 0 saturated heterocycles. The van der Waals surface area contributed by atoms with Crippen LogP contribution in [0.5, 0.6) is 5.75 Å². The first-order valence-electron chi connectivity index (χ1n) is 6.35. The number of rotatable bonds is 3. The van der Waals surface area contributed by atoms with Crippen LogP contribution in [0.4, 0.5) is 10.1 Å². The van der Waals surface area contributed by atoms with E-state index < -0.39 is 5.82 Å². The van der Waals surface area contributed by atoms with E-state index in [2.05, 4.69) is 20.9 Å². The fourth-order valence-electron chi connectivity index (χ4n) is 2.16. The number of halogens is 2. The Hall–Kier alpha value is -2.14. The van der Waals surface area contributed by atoms with Crippen molar-refractivity contribution in [3.05, 3.63) is 64.5 Å². The molecular formula is C16H12BrFN2O. The Morgan fingerprint density at radius 2 is 2.00 bits per heavy atom. The Bertz CT molecular complexity index is 779. The lowest BCUT2D eigenvalue weighted by molar-refractivity contribution is 0.307. The maximum atomic E-state index is 13.2. The molecule has 0 aliphatic heterocycles. The van der Waals surface area contributed by atoms with Gasteiger partial charge in [-0.25, -0.2) is 4.39 Å². The van der Waals surface area contributed by atoms with Gasteiger partial charge in [-0.1, -0.05) is 18.2 Å². The maximum absolute atomic E-state index is 13.2. The van der Waals surface area contributed by atoms with Crippen molar-refractivity contribution >= 4 is 32.5 Å². The first-order valence-corrected chi connectivity index (χ1v) is 7.14. The van der Waals surface area contributed by atoms with Crippen LogP contribution < -0.4 is 10.5 Å². The highest BCUT2D eigenvalue weighted by molar-refractivity contribution is 9.10. The number of fused-ring (bicyclic) bond motifs is 1. The number of anilines is 1. The summed E-state index contributed by atoms with van der Waals surface area (Å²) < 4.78 is 19.5. The largest absolute Gasteiger partial charge is 0.486 e. The first-order chi connectivity index (χ1) is 10.1. The molecule has 0 unspecified atom stereocenters. The van der Waals surface area contributed by atoms with E-state index in [0.717, 1.165) is 16.5 Å². The van der Waals surface area contributed by atoms with Crippen molar-refractivity contribution < 1.29 is 9.13 Å². The van der Waals surface area contributed by atoms with Crippen LogP contribution in [-0.4, -0.2) is 4.98 Å². The van der Waals surface area contributed by atoms with E-state index in [9.17, 15) is 4.39 Å². The average Bonchev–Trinajstić information content (AvgIpc) is 2.46. The van der Waals surface area contributed by atoms with Crippen LogP contribution in [0.15, 0.2) is 53.1 Å². The van der Waals surface area contributed by atoms with Gasteiger partial charge in [-0.2, -0.15) is 0 Å². The Labute approximate surface area is 129 Å². The highest BCUT2D eigenvalue weighted by atomic mass is 79.9. The van der Waals surface area contributed by atoms with E-state index in [4.69, 9.17) is 10.5 Å². The molecule has 1 heterocycles. The molecule has 0 fully saturated rings. The Morgan fingerprint density at radius 1 is 1.19 bits per heavy atom. The summed E-state index contributed by atoms with van der Waals surface area (Å²) in [7, 11) is 0. The molecule has 0 atom stereocenters. The summed E-state index contributed by atoms with van der Waals surface area (Å²) in [5.74, 6) is 0.0402. The number of nitrogens with zero attached hydrogens (tertiary/aromatic N) is 1. The SMILES string of the molecule is Nc1cc(F)cc(Br)c1OCc1ccnc2ccccc12. The predicted molar refractivity (Wildman–Crippen MR) is 84.6 cm³/mol. The molecule has 3 rings (SSSR count). The topological polar surface area (TPSA) is 48.1 Å². The van der Waals surface area contributed by atoms with Gasteiger partial charge in [0.05, 0.1) is 15.7 Å². The zero-order chi connectivity index (χ0) is 14.8. The van der Waals surface area contributed by atoms with Gasteiger partial charge in [-0.15, -0.1) is 0 Å². The minimum absolute atomic E-state index is 0.264. The summed E-state index contributed by atoms with van der Waals surface area (Å²) in [4.78, 5) is 4.30. The molecule has 0 radical (unpaired) electrons. The number of aromatic nitrogens is 1. The van der Waals surface area contributed by atoms with Gasteiger partial charge in [0.2, 0.25) is 0 Å². The maximum Gasteiger partial charge on any atom is 0.157 e. The average molecular weight is 347 g/mol. The van der Waals surface area contributed by atoms with Crippen LogP contribution in [0, 0.1) is 5.82 Å². The molecular weight excluding hydrogens is 335 g/mol. The lowest BCUT2D eigenvalue weighted by atomic mass is 10.1. The number of nitrogen functional groups attached to an aromatic ring is 1. The third kappa shape index (κ3) is 2.83. The van der Waals surface area contributed by atoms with Gasteiger partial charge in [-0.05, 0) is 34.1 Å². The van der Waals surface area contributed by atoms with Gasteiger partial charge in [0, 0.05) is 23.2 Å². The standard InChI is InChI=1S/C16H12BrFN2O/c17-13-7-11(18)8-14(19)16(13)21-9-10-5-6-20-15-4-2-1-3-12(10)15/h1-8H,9,19H2. The molecule has 0 saturated carbocycles. The first kappa shape index (κ1) is 13.8. The third-order valence-corrected chi connectivity index (χ3v) is 3.74. The molecule has 1 aromatic heterocycles. The Kier molecular flexibility index (Phi) is 3.75. The van der Waals surface area contributed by atoms with E-state index in [0.29, 0.717) is 16.8 Å². The lowest BCUT2D eigenvalue weighted by Gasteiger charge is -2.12. The predicted octanol–water partition coefficient (Wildman–Crippen LogP) is 4.30. The van der Waals surface area contributed by atoms with Crippen LogP contribution in [0.1, 0.15) is 5.56 Å². The monoisotopic (exact) mass is 346 g/mol. The van der Waals surface area contributed by atoms with E-state index in [-0.39, 0.29) is 5.69 Å². The van der Waals surface area contributed by atoms with Crippen molar-refractivity contribution in [1.29, 1.82) is 0 Å². The summed E-state index contributed by atoms with van der Waals surface area (Å²) in [5, 5.41) is 1.02. The molecule has 0 spiro atoms. The highest BCUT2D eigenvalue weighted by Gasteiger charge is 2.10. The van der Waals surface area contributed by atoms with E-state index in [1.807, 2.05) is 30.3 Å². The molecule has 21 heavy (non-hydrogen) atoms. The van der Waals surface area contributed by atoms with Crippen molar-refractivity contribution in [2.75, 3.05) is 5.73 Å². The highest BCUT2D eigenvalue weighted by Crippen LogP contribution is 2.33. The van der Waals surface area contributed by atoms with Gasteiger partial charge in [0.15, 0.2) is 5.75 Å². The van der Waals surface area contributed by atoms with Crippen LogP contribution in [0.3, 0.4) is 0 Å². The van der Waals surface area contributed by atoms with Crippen LogP contribution in [0.25, 0.3) is 10.9 Å². The summed E-state index contributed by atoms with van der Waals surface area (Å²) in [6.45, 7) is 0.331. The molecule has 3 nitrogen and oxygen atoms in total. The minimum atomic E-state index is -0.402. The second kappa shape index (κ2) is 5.69. The van der Waals surface area contributed by atoms with Crippen molar-refractivity contribution in [1.82, 2.24) is 4.98 Å². The van der Waals surface area contributed by atoms with Gasteiger partial charge in [0.1, 0.15) is 12.4 Å². The zero-order valence-corrected chi connectivity index (χ0v) is 12.6. The molecule has 5 heteroatoms. The Morgan fingerprint density at radius 3 is 2.81 bits per heavy atom. The number of hydrogen-bond donors (Lipinski definition) is 1. The lowest BCUT2D eigenvalue weighted by Crippen LogP contribution is -2.01. The Balaban J connectivity index is 1.91. The number of hydrogen-bond acceptors (Lipinski definition) is 3. The molecule has 0 bridgehead atoms. The van der Waals surface area contributed by atoms with Gasteiger partial charge in [-0.3, -0.25) is 4.98 Å². The zero-order valence-electron chi connectivity index (χ0n) is 11.0. The van der Waals surface area contributed by atoms with Crippen LogP contribution in [0.2, 0.25) is 0 Å². The van der Waals surface area contributed by atoms with Crippen molar-refractivity contribution in [2.45, 2.75) is 6.61 Å². The molecule has 106 valence electrons. The van der Waals surface area contributed by atoms with Crippen LogP contribution in [-0.2, 0) is 6.61 Å². The number of pyridine rings is 1. The fraction of sp³-hybridized carbons (Fsp3) is 0.0625. The number of para-hydroxylation sites is 1. The molecule has 2 N–H and O–H groups in total. The molecule has 0 aliphatic carbocycles. The summed E-state index contributed by atoms with van der Waals surface area (Å²) in [6, 6.07) is 12.3. The molecule has 2 aromatic carbocycles. The van der Waals surface area contributed by atoms with Gasteiger partial charge >= 0.3 is 0 Å². The molecule has 3 aromatic rings. The van der Waals surface area contributed by atoms with Gasteiger partial charge in [0.25, 0.3) is 0 Å². The second-order valence-electron chi connectivity index (χ2n) is 4.58. The number of nitrogens with two attached hydrogens (primary N) is 1. The fourth-order valence-corrected chi connectivity index (χ4v) is 2.73. The molecule has 0 aliphatic rings. The number of ether oxygens (including phenoxy) is 1. The van der Waals surface area contributed by atoms with Crippen molar-refractivity contribution in [3.8, 4) is 5.75 Å². The smallest absolute Gasteiger partial charge is 0.157 e. The van der Waals surface area contributed by atoms with Crippen molar-refractivity contribution in [2.24, 2.45) is 0 Å². The molecule has 0 amide bonds. The number of benzene rings is 2. The van der Waals surface area contributed by atoms with E-state index >= 15 is 0 Å². The second-order valence-corrected chi connectivity index (χ2v) is 5.44. The van der Waals surface area contributed by atoms with E-state index in [1.165, 1.54) is 12.1 Å². The summed E-state index contributed by atoms with van der Waals surface area (Å²) in [5.41, 5.74) is 7.96. The van der Waals surface area contributed by atoms with Gasteiger partial charge < -0.3 is 10.5 Å². The third-order valence-electron chi connectivity index (χ3n) is 3.15. The van der Waals surface area contributed by atoms with E-state index in [1.54, 1.807) is 6.20 Å². The summed E-state index contributed by atoms with van der Waals surface area (Å²) in [6.07, 6.45) is 1.74. The summed E-state index contributed by atoms with van der Waals surface area (Å²) >= 11 is 3.26. The normalized spacial score (nSPS) is 10.8. The van der Waals surface area contributed by atoms with Crippen LogP contribution >= 0.6 is 15.9 Å². The van der Waals surface area contributed by atoms with Crippen molar-refractivity contribution in [3.63, 3.8) is 0 Å². The minimum Gasteiger partial charge on any atom is -0.486 e. The quantitative estimate of drug-likeness (QED) is 0.719.